The van der Waals surface area contributed by atoms with Gasteiger partial charge in [-0.2, -0.15) is 0 Å². The summed E-state index contributed by atoms with van der Waals surface area (Å²) in [6, 6.07) is -0.602. The topological polar surface area (TPSA) is 81.1 Å². The van der Waals surface area contributed by atoms with Crippen LogP contribution in [0.3, 0.4) is 0 Å². The summed E-state index contributed by atoms with van der Waals surface area (Å²) >= 11 is 0. The van der Waals surface area contributed by atoms with Gasteiger partial charge in [0.05, 0.1) is 6.04 Å². The van der Waals surface area contributed by atoms with Crippen LogP contribution in [-0.4, -0.2) is 25.0 Å². The van der Waals surface area contributed by atoms with Crippen molar-refractivity contribution in [3.05, 3.63) is 12.2 Å². The van der Waals surface area contributed by atoms with Gasteiger partial charge in [-0.3, -0.25) is 4.79 Å². The number of hydrogen-bond acceptors (Lipinski definition) is 3. The van der Waals surface area contributed by atoms with E-state index < -0.39 is 11.9 Å². The molecule has 0 saturated carbocycles. The van der Waals surface area contributed by atoms with E-state index in [4.69, 9.17) is 11.5 Å². The Bertz CT molecular complexity index is 156. The first-order valence-corrected chi connectivity index (χ1v) is 3.44. The molecular weight excluding hydrogens is 142 g/mol. The fourth-order valence-electron chi connectivity index (χ4n) is 0.542. The van der Waals surface area contributed by atoms with E-state index in [1.807, 2.05) is 6.92 Å². The Morgan fingerprint density at radius 1 is 1.73 bits per heavy atom. The van der Waals surface area contributed by atoms with Gasteiger partial charge in [0.15, 0.2) is 0 Å². The quantitative estimate of drug-likeness (QED) is 0.446. The number of nitrogens with one attached hydrogen (secondary N) is 1. The average Bonchev–Trinajstić information content (AvgIpc) is 1.86. The van der Waals surface area contributed by atoms with Crippen molar-refractivity contribution in [1.82, 2.24) is 5.32 Å². The van der Waals surface area contributed by atoms with Gasteiger partial charge in [-0.1, -0.05) is 12.2 Å². The van der Waals surface area contributed by atoms with Crippen LogP contribution in [0, 0.1) is 0 Å². The minimum atomic E-state index is -0.602. The molecule has 0 spiro atoms. The molecule has 0 fully saturated rings. The van der Waals surface area contributed by atoms with Gasteiger partial charge in [-0.25, -0.2) is 0 Å². The number of rotatable bonds is 5. The fourth-order valence-corrected chi connectivity index (χ4v) is 0.542. The number of carbonyl (C=O) groups is 1. The molecule has 1 atom stereocenters. The van der Waals surface area contributed by atoms with E-state index in [0.29, 0.717) is 13.1 Å². The van der Waals surface area contributed by atoms with Crippen LogP contribution in [-0.2, 0) is 4.79 Å². The molecule has 0 aliphatic heterocycles. The van der Waals surface area contributed by atoms with Crippen LogP contribution in [0.2, 0.25) is 0 Å². The third-order valence-corrected chi connectivity index (χ3v) is 1.16. The van der Waals surface area contributed by atoms with E-state index in [0.717, 1.165) is 5.57 Å². The Hall–Kier alpha value is -0.870. The Morgan fingerprint density at radius 3 is 2.64 bits per heavy atom. The first-order valence-electron chi connectivity index (χ1n) is 3.44. The fraction of sp³-hybridized carbons (Fsp3) is 0.571. The van der Waals surface area contributed by atoms with Crippen LogP contribution < -0.4 is 16.8 Å². The van der Waals surface area contributed by atoms with E-state index in [1.54, 1.807) is 0 Å². The molecule has 4 nitrogen and oxygen atoms in total. The molecule has 0 aliphatic rings. The van der Waals surface area contributed by atoms with Crippen molar-refractivity contribution in [3.63, 3.8) is 0 Å². The maximum absolute atomic E-state index is 10.4. The molecule has 0 saturated heterocycles. The van der Waals surface area contributed by atoms with Crippen molar-refractivity contribution in [3.8, 4) is 0 Å². The summed E-state index contributed by atoms with van der Waals surface area (Å²) in [5, 5.41) is 2.94. The molecule has 0 aromatic rings. The summed E-state index contributed by atoms with van der Waals surface area (Å²) in [5.41, 5.74) is 11.3. The van der Waals surface area contributed by atoms with E-state index in [2.05, 4.69) is 11.9 Å². The lowest BCUT2D eigenvalue weighted by Gasteiger charge is -2.08. The van der Waals surface area contributed by atoms with Gasteiger partial charge >= 0.3 is 0 Å². The van der Waals surface area contributed by atoms with Gasteiger partial charge in [0.2, 0.25) is 5.91 Å². The van der Waals surface area contributed by atoms with Crippen LogP contribution in [0.1, 0.15) is 6.92 Å². The van der Waals surface area contributed by atoms with Gasteiger partial charge in [0.25, 0.3) is 0 Å². The van der Waals surface area contributed by atoms with E-state index in [-0.39, 0.29) is 0 Å². The Morgan fingerprint density at radius 2 is 2.27 bits per heavy atom. The normalized spacial score (nSPS) is 12.5. The minimum absolute atomic E-state index is 0.405. The zero-order chi connectivity index (χ0) is 8.85. The molecule has 0 rings (SSSR count). The van der Waals surface area contributed by atoms with E-state index >= 15 is 0 Å². The summed E-state index contributed by atoms with van der Waals surface area (Å²) in [4.78, 5) is 10.4. The first kappa shape index (κ1) is 10.1. The maximum Gasteiger partial charge on any atom is 0.235 e. The molecule has 1 amide bonds. The third-order valence-electron chi connectivity index (χ3n) is 1.16. The summed E-state index contributed by atoms with van der Waals surface area (Å²) in [5.74, 6) is -0.487. The highest BCUT2D eigenvalue weighted by molar-refractivity contribution is 5.79. The third kappa shape index (κ3) is 5.57. The second kappa shape index (κ2) is 4.87. The van der Waals surface area contributed by atoms with E-state index in [1.165, 1.54) is 0 Å². The highest BCUT2D eigenvalue weighted by Gasteiger charge is 2.06. The zero-order valence-corrected chi connectivity index (χ0v) is 6.76. The Kier molecular flexibility index (Phi) is 4.49. The molecule has 11 heavy (non-hydrogen) atoms. The van der Waals surface area contributed by atoms with Gasteiger partial charge in [0, 0.05) is 13.1 Å². The van der Waals surface area contributed by atoms with Gasteiger partial charge in [0.1, 0.15) is 0 Å². The minimum Gasteiger partial charge on any atom is -0.368 e. The van der Waals surface area contributed by atoms with E-state index in [9.17, 15) is 4.79 Å². The smallest absolute Gasteiger partial charge is 0.235 e. The first-order chi connectivity index (χ1) is 5.04. The maximum atomic E-state index is 10.4. The SMILES string of the molecule is C=C(C)CNCC(N)C(N)=O. The van der Waals surface area contributed by atoms with Crippen molar-refractivity contribution in [2.24, 2.45) is 11.5 Å². The molecule has 0 radical (unpaired) electrons. The van der Waals surface area contributed by atoms with Crippen LogP contribution in [0.25, 0.3) is 0 Å². The largest absolute Gasteiger partial charge is 0.368 e. The van der Waals surface area contributed by atoms with Crippen LogP contribution in [0.15, 0.2) is 12.2 Å². The molecule has 0 aromatic heterocycles. The second-order valence-electron chi connectivity index (χ2n) is 2.60. The molecule has 0 bridgehead atoms. The lowest BCUT2D eigenvalue weighted by atomic mass is 10.3. The zero-order valence-electron chi connectivity index (χ0n) is 6.76. The van der Waals surface area contributed by atoms with Crippen molar-refractivity contribution >= 4 is 5.91 Å². The molecule has 1 unspecified atom stereocenters. The summed E-state index contributed by atoms with van der Waals surface area (Å²) < 4.78 is 0. The van der Waals surface area contributed by atoms with Crippen molar-refractivity contribution in [2.75, 3.05) is 13.1 Å². The number of nitrogens with two attached hydrogens (primary N) is 2. The summed E-state index contributed by atoms with van der Waals surface area (Å²) in [6.07, 6.45) is 0. The molecule has 64 valence electrons. The highest BCUT2D eigenvalue weighted by atomic mass is 16.1. The number of amides is 1. The molecule has 4 heteroatoms. The lowest BCUT2D eigenvalue weighted by molar-refractivity contribution is -0.119. The highest BCUT2D eigenvalue weighted by Crippen LogP contribution is 1.81. The van der Waals surface area contributed by atoms with Gasteiger partial charge in [-0.15, -0.1) is 0 Å². The second-order valence-corrected chi connectivity index (χ2v) is 2.60. The average molecular weight is 157 g/mol. The van der Waals surface area contributed by atoms with Gasteiger partial charge in [-0.05, 0) is 6.92 Å². The monoisotopic (exact) mass is 157 g/mol. The predicted molar refractivity (Wildman–Crippen MR) is 44.9 cm³/mol. The van der Waals surface area contributed by atoms with Gasteiger partial charge < -0.3 is 16.8 Å². The number of carbonyl (C=O) groups excluding carboxylic acids is 1. The van der Waals surface area contributed by atoms with Crippen molar-refractivity contribution in [1.29, 1.82) is 0 Å². The lowest BCUT2D eigenvalue weighted by Crippen LogP contribution is -2.44. The Labute approximate surface area is 66.6 Å². The van der Waals surface area contributed by atoms with Crippen molar-refractivity contribution < 1.29 is 4.79 Å². The number of hydrogen-bond donors (Lipinski definition) is 3. The predicted octanol–water partition coefficient (Wildman–Crippen LogP) is -1.04. The number of primary amides is 1. The Balaban J connectivity index is 3.39. The van der Waals surface area contributed by atoms with Crippen LogP contribution >= 0.6 is 0 Å². The summed E-state index contributed by atoms with van der Waals surface area (Å²) in [7, 11) is 0. The standard InChI is InChI=1S/C7H15N3O/c1-5(2)3-10-4-6(8)7(9)11/h6,10H,1,3-4,8H2,2H3,(H2,9,11). The summed E-state index contributed by atoms with van der Waals surface area (Å²) in [6.45, 7) is 6.64. The van der Waals surface area contributed by atoms with Crippen LogP contribution in [0.5, 0.6) is 0 Å². The molecule has 0 aromatic carbocycles. The van der Waals surface area contributed by atoms with Crippen molar-refractivity contribution in [2.45, 2.75) is 13.0 Å². The molecule has 5 N–H and O–H groups in total. The molecule has 0 aliphatic carbocycles. The molecule has 0 heterocycles. The van der Waals surface area contributed by atoms with Crippen LogP contribution in [0.4, 0.5) is 0 Å². The molecular formula is C7H15N3O.